The number of aliphatic hydroxyl groups excluding tert-OH is 1. The maximum atomic E-state index is 10.0. The summed E-state index contributed by atoms with van der Waals surface area (Å²) in [5.41, 5.74) is -0.854. The van der Waals surface area contributed by atoms with Crippen molar-refractivity contribution < 1.29 is 19.7 Å². The van der Waals surface area contributed by atoms with E-state index in [4.69, 9.17) is 21.1 Å². The Labute approximate surface area is 130 Å². The summed E-state index contributed by atoms with van der Waals surface area (Å²) in [6, 6.07) is 6.96. The molecule has 2 atom stereocenters. The average molecular weight is 318 g/mol. The molecule has 0 amide bonds. The lowest BCUT2D eigenvalue weighted by Gasteiger charge is -2.24. The summed E-state index contributed by atoms with van der Waals surface area (Å²) >= 11 is 5.77. The highest BCUT2D eigenvalue weighted by Gasteiger charge is 2.19. The zero-order valence-electron chi connectivity index (χ0n) is 12.5. The minimum atomic E-state index is -0.854. The SMILES string of the molecule is COCCC(C)(O)CNCC(O)COc1ccc(Cl)cc1. The van der Waals surface area contributed by atoms with Crippen LogP contribution in [0.15, 0.2) is 24.3 Å². The van der Waals surface area contributed by atoms with Crippen LogP contribution in [0.1, 0.15) is 13.3 Å². The van der Waals surface area contributed by atoms with E-state index in [2.05, 4.69) is 5.32 Å². The number of benzene rings is 1. The molecule has 0 saturated heterocycles. The Morgan fingerprint density at radius 1 is 1.33 bits per heavy atom. The molecule has 0 aliphatic rings. The molecular weight excluding hydrogens is 294 g/mol. The number of aliphatic hydroxyl groups is 2. The van der Waals surface area contributed by atoms with Crippen LogP contribution in [0.4, 0.5) is 0 Å². The summed E-state index contributed by atoms with van der Waals surface area (Å²) in [5.74, 6) is 0.658. The molecule has 0 bridgehead atoms. The molecule has 21 heavy (non-hydrogen) atoms. The maximum Gasteiger partial charge on any atom is 0.119 e. The van der Waals surface area contributed by atoms with E-state index in [0.717, 1.165) is 0 Å². The van der Waals surface area contributed by atoms with Gasteiger partial charge in [0.2, 0.25) is 0 Å². The number of halogens is 1. The Kier molecular flexibility index (Phi) is 8.00. The van der Waals surface area contributed by atoms with E-state index in [1.54, 1.807) is 38.3 Å². The van der Waals surface area contributed by atoms with E-state index in [1.807, 2.05) is 0 Å². The van der Waals surface area contributed by atoms with Crippen LogP contribution < -0.4 is 10.1 Å². The summed E-state index contributed by atoms with van der Waals surface area (Å²) < 4.78 is 10.4. The molecule has 0 aliphatic carbocycles. The molecular formula is C15H24ClNO4. The van der Waals surface area contributed by atoms with Crippen LogP contribution >= 0.6 is 11.6 Å². The van der Waals surface area contributed by atoms with Crippen molar-refractivity contribution in [3.63, 3.8) is 0 Å². The zero-order valence-corrected chi connectivity index (χ0v) is 13.3. The first-order valence-electron chi connectivity index (χ1n) is 6.91. The second-order valence-electron chi connectivity index (χ2n) is 5.29. The Balaban J connectivity index is 2.19. The highest BCUT2D eigenvalue weighted by molar-refractivity contribution is 6.30. The van der Waals surface area contributed by atoms with Gasteiger partial charge in [-0.1, -0.05) is 11.6 Å². The van der Waals surface area contributed by atoms with Gasteiger partial charge in [0.15, 0.2) is 0 Å². The van der Waals surface area contributed by atoms with Gasteiger partial charge in [0.1, 0.15) is 18.5 Å². The summed E-state index contributed by atoms with van der Waals surface area (Å²) in [6.45, 7) is 3.13. The van der Waals surface area contributed by atoms with Gasteiger partial charge in [-0.05, 0) is 31.2 Å². The monoisotopic (exact) mass is 317 g/mol. The largest absolute Gasteiger partial charge is 0.491 e. The topological polar surface area (TPSA) is 71.0 Å². The van der Waals surface area contributed by atoms with E-state index in [1.165, 1.54) is 0 Å². The van der Waals surface area contributed by atoms with Crippen LogP contribution in [0.25, 0.3) is 0 Å². The van der Waals surface area contributed by atoms with Crippen molar-refractivity contribution in [3.05, 3.63) is 29.3 Å². The highest BCUT2D eigenvalue weighted by Crippen LogP contribution is 2.15. The highest BCUT2D eigenvalue weighted by atomic mass is 35.5. The Morgan fingerprint density at radius 2 is 2.00 bits per heavy atom. The molecule has 1 aromatic rings. The smallest absolute Gasteiger partial charge is 0.119 e. The van der Waals surface area contributed by atoms with Crippen molar-refractivity contribution in [3.8, 4) is 5.75 Å². The first-order chi connectivity index (χ1) is 9.93. The fourth-order valence-electron chi connectivity index (χ4n) is 1.70. The molecule has 3 N–H and O–H groups in total. The normalized spacial score (nSPS) is 15.5. The Bertz CT molecular complexity index is 397. The van der Waals surface area contributed by atoms with Crippen LogP contribution in [-0.4, -0.2) is 55.3 Å². The van der Waals surface area contributed by atoms with E-state index in [0.29, 0.717) is 36.9 Å². The molecule has 2 unspecified atom stereocenters. The van der Waals surface area contributed by atoms with Gasteiger partial charge in [-0.25, -0.2) is 0 Å². The molecule has 0 radical (unpaired) electrons. The molecule has 0 aromatic heterocycles. The lowest BCUT2D eigenvalue weighted by molar-refractivity contribution is 0.0208. The van der Waals surface area contributed by atoms with Crippen LogP contribution in [0.5, 0.6) is 5.75 Å². The van der Waals surface area contributed by atoms with Crippen molar-refractivity contribution in [2.45, 2.75) is 25.0 Å². The summed E-state index contributed by atoms with van der Waals surface area (Å²) in [6.07, 6.45) is -0.118. The third-order valence-corrected chi connectivity index (χ3v) is 3.24. The third kappa shape index (κ3) is 8.24. The van der Waals surface area contributed by atoms with Gasteiger partial charge in [0.25, 0.3) is 0 Å². The Hall–Kier alpha value is -0.850. The van der Waals surface area contributed by atoms with Gasteiger partial charge < -0.3 is 25.0 Å². The predicted molar refractivity (Wildman–Crippen MR) is 82.9 cm³/mol. The molecule has 1 aromatic carbocycles. The van der Waals surface area contributed by atoms with E-state index in [9.17, 15) is 10.2 Å². The first kappa shape index (κ1) is 18.2. The van der Waals surface area contributed by atoms with E-state index < -0.39 is 11.7 Å². The molecule has 0 heterocycles. The number of rotatable bonds is 10. The van der Waals surface area contributed by atoms with Gasteiger partial charge in [-0.2, -0.15) is 0 Å². The molecule has 1 rings (SSSR count). The predicted octanol–water partition coefficient (Wildman–Crippen LogP) is 1.46. The first-order valence-corrected chi connectivity index (χ1v) is 7.29. The van der Waals surface area contributed by atoms with Crippen molar-refractivity contribution in [2.24, 2.45) is 0 Å². The van der Waals surface area contributed by atoms with Gasteiger partial charge >= 0.3 is 0 Å². The van der Waals surface area contributed by atoms with Gasteiger partial charge in [0.05, 0.1) is 5.60 Å². The Morgan fingerprint density at radius 3 is 2.62 bits per heavy atom. The molecule has 120 valence electrons. The fourth-order valence-corrected chi connectivity index (χ4v) is 1.83. The standard InChI is InChI=1S/C15H24ClNO4/c1-15(19,7-8-20-2)11-17-9-13(18)10-21-14-5-3-12(16)4-6-14/h3-6,13,17-19H,7-11H2,1-2H3. The van der Waals surface area contributed by atoms with Crippen molar-refractivity contribution in [2.75, 3.05) is 33.4 Å². The number of nitrogens with one attached hydrogen (secondary N) is 1. The molecule has 0 spiro atoms. The minimum absolute atomic E-state index is 0.175. The van der Waals surface area contributed by atoms with Crippen molar-refractivity contribution in [1.82, 2.24) is 5.32 Å². The lowest BCUT2D eigenvalue weighted by Crippen LogP contribution is -2.42. The second kappa shape index (κ2) is 9.23. The van der Waals surface area contributed by atoms with Crippen molar-refractivity contribution in [1.29, 1.82) is 0 Å². The van der Waals surface area contributed by atoms with Crippen LogP contribution in [0.2, 0.25) is 5.02 Å². The molecule has 0 aliphatic heterocycles. The van der Waals surface area contributed by atoms with Crippen molar-refractivity contribution >= 4 is 11.6 Å². The summed E-state index contributed by atoms with van der Waals surface area (Å²) in [7, 11) is 1.60. The number of hydrogen-bond donors (Lipinski definition) is 3. The van der Waals surface area contributed by atoms with E-state index >= 15 is 0 Å². The fraction of sp³-hybridized carbons (Fsp3) is 0.600. The number of hydrogen-bond acceptors (Lipinski definition) is 5. The second-order valence-corrected chi connectivity index (χ2v) is 5.73. The maximum absolute atomic E-state index is 10.0. The van der Waals surface area contributed by atoms with Gasteiger partial charge in [-0.15, -0.1) is 0 Å². The van der Waals surface area contributed by atoms with E-state index in [-0.39, 0.29) is 6.61 Å². The molecule has 5 nitrogen and oxygen atoms in total. The van der Waals surface area contributed by atoms with Crippen LogP contribution in [0, 0.1) is 0 Å². The molecule has 0 saturated carbocycles. The van der Waals surface area contributed by atoms with Gasteiger partial charge in [0, 0.05) is 38.2 Å². The number of methoxy groups -OCH3 is 1. The third-order valence-electron chi connectivity index (χ3n) is 2.99. The molecule has 6 heteroatoms. The average Bonchev–Trinajstić information content (AvgIpc) is 2.44. The molecule has 0 fully saturated rings. The summed E-state index contributed by atoms with van der Waals surface area (Å²) in [5, 5.41) is 23.5. The van der Waals surface area contributed by atoms with Gasteiger partial charge in [-0.3, -0.25) is 0 Å². The quantitative estimate of drug-likeness (QED) is 0.609. The number of ether oxygens (including phenoxy) is 2. The lowest BCUT2D eigenvalue weighted by atomic mass is 10.0. The zero-order chi connectivity index (χ0) is 15.7. The minimum Gasteiger partial charge on any atom is -0.491 e. The summed E-state index contributed by atoms with van der Waals surface area (Å²) in [4.78, 5) is 0. The van der Waals surface area contributed by atoms with Crippen LogP contribution in [-0.2, 0) is 4.74 Å². The van der Waals surface area contributed by atoms with Crippen LogP contribution in [0.3, 0.4) is 0 Å².